The van der Waals surface area contributed by atoms with Crippen LogP contribution >= 0.6 is 0 Å². The van der Waals surface area contributed by atoms with Crippen LogP contribution in [0.15, 0.2) is 36.5 Å². The summed E-state index contributed by atoms with van der Waals surface area (Å²) in [5, 5.41) is 1.14. The van der Waals surface area contributed by atoms with E-state index in [1.54, 1.807) is 13.0 Å². The molecule has 1 aromatic carbocycles. The summed E-state index contributed by atoms with van der Waals surface area (Å²) in [6, 6.07) is 8.02. The number of nitrogens with one attached hydrogen (secondary N) is 1. The molecular formula is C12H13NO. The molecule has 0 aliphatic heterocycles. The SMILES string of the molecule is CC(=O)/C=C/c1c[nH]c2ccccc12.[HH]. The fourth-order valence-electron chi connectivity index (χ4n) is 1.44. The highest BCUT2D eigenvalue weighted by molar-refractivity contribution is 5.96. The van der Waals surface area contributed by atoms with E-state index in [0.29, 0.717) is 0 Å². The minimum absolute atomic E-state index is 0. The summed E-state index contributed by atoms with van der Waals surface area (Å²) in [4.78, 5) is 13.9. The summed E-state index contributed by atoms with van der Waals surface area (Å²) in [6.45, 7) is 1.55. The number of rotatable bonds is 2. The van der Waals surface area contributed by atoms with Crippen molar-refractivity contribution in [1.29, 1.82) is 0 Å². The third kappa shape index (κ3) is 1.59. The number of aromatic amines is 1. The van der Waals surface area contributed by atoms with Crippen LogP contribution in [-0.4, -0.2) is 10.8 Å². The van der Waals surface area contributed by atoms with Crippen LogP contribution in [0.2, 0.25) is 0 Å². The number of fused-ring (bicyclic) bond motifs is 1. The molecule has 0 spiro atoms. The van der Waals surface area contributed by atoms with Gasteiger partial charge in [0.2, 0.25) is 0 Å². The maximum Gasteiger partial charge on any atom is 0.152 e. The van der Waals surface area contributed by atoms with Crippen molar-refractivity contribution in [3.63, 3.8) is 0 Å². The molecule has 0 atom stereocenters. The lowest BCUT2D eigenvalue weighted by Gasteiger charge is -1.89. The quantitative estimate of drug-likeness (QED) is 0.720. The summed E-state index contributed by atoms with van der Waals surface area (Å²) in [5.74, 6) is 0.0651. The summed E-state index contributed by atoms with van der Waals surface area (Å²) in [5.41, 5.74) is 2.14. The molecule has 14 heavy (non-hydrogen) atoms. The Kier molecular flexibility index (Phi) is 2.19. The number of benzene rings is 1. The van der Waals surface area contributed by atoms with Gasteiger partial charge in [-0.3, -0.25) is 4.79 Å². The molecule has 1 N–H and O–H groups in total. The van der Waals surface area contributed by atoms with Crippen LogP contribution in [0.25, 0.3) is 17.0 Å². The first kappa shape index (κ1) is 8.75. The van der Waals surface area contributed by atoms with E-state index < -0.39 is 0 Å². The number of carbonyl (C=O) groups excluding carboxylic acids is 1. The van der Waals surface area contributed by atoms with E-state index in [1.165, 1.54) is 0 Å². The van der Waals surface area contributed by atoms with Crippen LogP contribution in [-0.2, 0) is 4.79 Å². The molecule has 0 saturated heterocycles. The average Bonchev–Trinajstić information content (AvgIpc) is 2.58. The molecule has 72 valence electrons. The molecule has 0 aliphatic carbocycles. The Bertz CT molecular complexity index is 499. The average molecular weight is 187 g/mol. The highest BCUT2D eigenvalue weighted by Crippen LogP contribution is 2.18. The Morgan fingerprint density at radius 1 is 1.43 bits per heavy atom. The number of carbonyl (C=O) groups is 1. The first-order valence-electron chi connectivity index (χ1n) is 4.52. The van der Waals surface area contributed by atoms with Gasteiger partial charge in [0.1, 0.15) is 0 Å². The van der Waals surface area contributed by atoms with E-state index in [4.69, 9.17) is 0 Å². The van der Waals surface area contributed by atoms with Gasteiger partial charge in [-0.15, -0.1) is 0 Å². The van der Waals surface area contributed by atoms with E-state index in [9.17, 15) is 4.79 Å². The van der Waals surface area contributed by atoms with E-state index in [-0.39, 0.29) is 7.21 Å². The topological polar surface area (TPSA) is 32.9 Å². The van der Waals surface area contributed by atoms with Crippen LogP contribution in [0.1, 0.15) is 13.9 Å². The molecule has 1 aromatic heterocycles. The first-order chi connectivity index (χ1) is 6.77. The van der Waals surface area contributed by atoms with Gasteiger partial charge in [0.05, 0.1) is 0 Å². The minimum Gasteiger partial charge on any atom is -0.361 e. The Morgan fingerprint density at radius 2 is 2.21 bits per heavy atom. The molecule has 0 fully saturated rings. The van der Waals surface area contributed by atoms with Crippen molar-refractivity contribution in [3.8, 4) is 0 Å². The second-order valence-corrected chi connectivity index (χ2v) is 3.23. The van der Waals surface area contributed by atoms with Crippen LogP contribution in [0.4, 0.5) is 0 Å². The molecule has 1 heterocycles. The van der Waals surface area contributed by atoms with Crippen LogP contribution in [0.5, 0.6) is 0 Å². The number of para-hydroxylation sites is 1. The van der Waals surface area contributed by atoms with Crippen molar-refractivity contribution in [2.24, 2.45) is 0 Å². The van der Waals surface area contributed by atoms with Gasteiger partial charge < -0.3 is 4.98 Å². The zero-order chi connectivity index (χ0) is 9.97. The van der Waals surface area contributed by atoms with Gasteiger partial charge in [0.25, 0.3) is 0 Å². The largest absolute Gasteiger partial charge is 0.361 e. The van der Waals surface area contributed by atoms with Crippen molar-refractivity contribution < 1.29 is 6.22 Å². The Hall–Kier alpha value is -1.83. The Balaban J connectivity index is 0.00000112. The maximum atomic E-state index is 10.8. The molecule has 0 amide bonds. The van der Waals surface area contributed by atoms with Gasteiger partial charge >= 0.3 is 0 Å². The van der Waals surface area contributed by atoms with E-state index in [2.05, 4.69) is 4.98 Å². The monoisotopic (exact) mass is 187 g/mol. The lowest BCUT2D eigenvalue weighted by molar-refractivity contribution is -0.112. The highest BCUT2D eigenvalue weighted by Gasteiger charge is 1.98. The predicted octanol–water partition coefficient (Wildman–Crippen LogP) is 3.02. The van der Waals surface area contributed by atoms with Gasteiger partial charge in [0.15, 0.2) is 5.78 Å². The summed E-state index contributed by atoms with van der Waals surface area (Å²) < 4.78 is 0. The molecule has 2 aromatic rings. The summed E-state index contributed by atoms with van der Waals surface area (Å²) in [7, 11) is 0. The summed E-state index contributed by atoms with van der Waals surface area (Å²) in [6.07, 6.45) is 5.32. The second kappa shape index (κ2) is 3.50. The third-order valence-electron chi connectivity index (χ3n) is 2.12. The van der Waals surface area contributed by atoms with Crippen molar-refractivity contribution in [2.75, 3.05) is 0 Å². The predicted molar refractivity (Wildman–Crippen MR) is 60.1 cm³/mol. The van der Waals surface area contributed by atoms with Crippen LogP contribution < -0.4 is 0 Å². The first-order valence-corrected chi connectivity index (χ1v) is 4.52. The van der Waals surface area contributed by atoms with Crippen molar-refractivity contribution in [1.82, 2.24) is 4.98 Å². The number of H-pyrrole nitrogens is 1. The Morgan fingerprint density at radius 3 is 3.00 bits per heavy atom. The molecule has 2 nitrogen and oxygen atoms in total. The molecular weight excluding hydrogens is 174 g/mol. The van der Waals surface area contributed by atoms with E-state index >= 15 is 0 Å². The standard InChI is InChI=1S/C12H11NO.H2/c1-9(14)6-7-10-8-13-12-5-3-2-4-11(10)12;/h2-8,13H,1H3;1H/b7-6+;. The third-order valence-corrected chi connectivity index (χ3v) is 2.12. The lowest BCUT2D eigenvalue weighted by atomic mass is 10.1. The lowest BCUT2D eigenvalue weighted by Crippen LogP contribution is -1.78. The Labute approximate surface area is 83.7 Å². The van der Waals surface area contributed by atoms with E-state index in [0.717, 1.165) is 16.5 Å². The fraction of sp³-hybridized carbons (Fsp3) is 0.0833. The van der Waals surface area contributed by atoms with Crippen molar-refractivity contribution in [3.05, 3.63) is 42.1 Å². The molecule has 0 bridgehead atoms. The van der Waals surface area contributed by atoms with Gasteiger partial charge in [-0.25, -0.2) is 0 Å². The molecule has 2 heteroatoms. The molecule has 0 saturated carbocycles. The number of allylic oxidation sites excluding steroid dienone is 1. The number of ketones is 1. The fourth-order valence-corrected chi connectivity index (χ4v) is 1.44. The maximum absolute atomic E-state index is 10.8. The van der Waals surface area contributed by atoms with Gasteiger partial charge in [-0.1, -0.05) is 18.2 Å². The zero-order valence-corrected chi connectivity index (χ0v) is 7.95. The molecule has 0 unspecified atom stereocenters. The number of aromatic nitrogens is 1. The highest BCUT2D eigenvalue weighted by atomic mass is 16.1. The van der Waals surface area contributed by atoms with Crippen LogP contribution in [0.3, 0.4) is 0 Å². The number of hydrogen-bond acceptors (Lipinski definition) is 1. The normalized spacial score (nSPS) is 11.2. The molecule has 0 radical (unpaired) electrons. The minimum atomic E-state index is 0. The molecule has 0 aliphatic rings. The van der Waals surface area contributed by atoms with Crippen LogP contribution in [0, 0.1) is 0 Å². The van der Waals surface area contributed by atoms with Gasteiger partial charge in [-0.2, -0.15) is 0 Å². The van der Waals surface area contributed by atoms with Gasteiger partial charge in [-0.05, 0) is 30.7 Å². The smallest absolute Gasteiger partial charge is 0.152 e. The second-order valence-electron chi connectivity index (χ2n) is 3.23. The summed E-state index contributed by atoms with van der Waals surface area (Å²) >= 11 is 0. The molecule has 2 rings (SSSR count). The van der Waals surface area contributed by atoms with Gasteiger partial charge in [0, 0.05) is 18.5 Å². The number of hydrogen-bond donors (Lipinski definition) is 1. The zero-order valence-electron chi connectivity index (χ0n) is 7.95. The van der Waals surface area contributed by atoms with Crippen molar-refractivity contribution >= 4 is 22.8 Å². The van der Waals surface area contributed by atoms with E-state index in [1.807, 2.05) is 36.5 Å². The van der Waals surface area contributed by atoms with Crippen molar-refractivity contribution in [2.45, 2.75) is 6.92 Å².